The zero-order chi connectivity index (χ0) is 44.7. The highest BCUT2D eigenvalue weighted by Crippen LogP contribution is 2.34. The number of fused-ring (bicyclic) bond motifs is 2. The van der Waals surface area contributed by atoms with Crippen LogP contribution in [0.1, 0.15) is 55.2 Å². The van der Waals surface area contributed by atoms with Gasteiger partial charge in [-0.2, -0.15) is 13.2 Å². The third-order valence-corrected chi connectivity index (χ3v) is 11.4. The molecule has 62 heavy (non-hydrogen) atoms. The number of benzene rings is 3. The van der Waals surface area contributed by atoms with Gasteiger partial charge in [-0.1, -0.05) is 38.8 Å². The molecule has 16 heteroatoms. The van der Waals surface area contributed by atoms with E-state index < -0.39 is 37.0 Å². The second-order valence-electron chi connectivity index (χ2n) is 16.4. The summed E-state index contributed by atoms with van der Waals surface area (Å²) in [5.74, 6) is 6.33. The maximum absolute atomic E-state index is 14.9. The Kier molecular flexibility index (Phi) is 14.8. The number of hydrogen-bond acceptors (Lipinski definition) is 9. The number of likely N-dealkylation sites (N-methyl/N-ethyl adjacent to an activating group) is 1. The summed E-state index contributed by atoms with van der Waals surface area (Å²) in [6.07, 6.45) is -4.43. The minimum atomic E-state index is -4.51. The molecule has 6 rings (SSSR count). The Balaban J connectivity index is 1.13. The molecule has 2 amide bonds. The molecule has 0 radical (unpaired) electrons. The zero-order valence-electron chi connectivity index (χ0n) is 36.0. The van der Waals surface area contributed by atoms with Crippen LogP contribution in [0.15, 0.2) is 60.7 Å². The van der Waals surface area contributed by atoms with E-state index in [4.69, 9.17) is 9.47 Å². The minimum absolute atomic E-state index is 0.000660. The van der Waals surface area contributed by atoms with E-state index in [0.717, 1.165) is 15.8 Å². The predicted molar refractivity (Wildman–Crippen MR) is 234 cm³/mol. The number of piperidine rings is 1. The van der Waals surface area contributed by atoms with E-state index in [0.29, 0.717) is 65.1 Å². The van der Waals surface area contributed by atoms with Crippen LogP contribution >= 0.6 is 0 Å². The average molecular weight is 864 g/mol. The first-order valence-corrected chi connectivity index (χ1v) is 21.0. The molecule has 1 fully saturated rings. The molecule has 2 aliphatic rings. The number of halogens is 4. The number of amides is 2. The van der Waals surface area contributed by atoms with E-state index in [1.54, 1.807) is 42.5 Å². The third-order valence-electron chi connectivity index (χ3n) is 11.4. The largest absolute Gasteiger partial charge is 0.495 e. The van der Waals surface area contributed by atoms with Crippen molar-refractivity contribution >= 4 is 39.8 Å². The summed E-state index contributed by atoms with van der Waals surface area (Å²) in [7, 11) is 5.21. The predicted octanol–water partition coefficient (Wildman–Crippen LogP) is 6.21. The molecule has 0 saturated carbocycles. The Morgan fingerprint density at radius 2 is 1.87 bits per heavy atom. The SMILES string of the molecule is CC[C@H](CNC(=O)c1ccc(OC)c(NCC#Cc2cc3c(N[C@@H]4CCN(C)C[C@@H]4F)cccc3n2CC(F)(F)F)c1)Oc1ccc2c(c1)N(C)[C@@H](C(C)C)C(=O)N[C@H](CO)C2. The zero-order valence-corrected chi connectivity index (χ0v) is 36.0. The summed E-state index contributed by atoms with van der Waals surface area (Å²) >= 11 is 0. The van der Waals surface area contributed by atoms with Gasteiger partial charge in [-0.05, 0) is 86.2 Å². The molecule has 12 nitrogen and oxygen atoms in total. The van der Waals surface area contributed by atoms with Crippen LogP contribution in [-0.2, 0) is 17.8 Å². The van der Waals surface area contributed by atoms with Crippen molar-refractivity contribution in [3.63, 3.8) is 0 Å². The normalized spacial score (nSPS) is 20.0. The summed E-state index contributed by atoms with van der Waals surface area (Å²) in [5.41, 5.74) is 3.62. The van der Waals surface area contributed by atoms with Gasteiger partial charge in [0.15, 0.2) is 0 Å². The summed E-state index contributed by atoms with van der Waals surface area (Å²) < 4.78 is 69.4. The van der Waals surface area contributed by atoms with Crippen LogP contribution in [0.4, 0.5) is 34.6 Å². The van der Waals surface area contributed by atoms with Crippen LogP contribution in [0, 0.1) is 17.8 Å². The molecule has 334 valence electrons. The number of hydrogen-bond donors (Lipinski definition) is 5. The van der Waals surface area contributed by atoms with Crippen LogP contribution < -0.4 is 35.6 Å². The highest BCUT2D eigenvalue weighted by Gasteiger charge is 2.34. The first-order valence-electron chi connectivity index (χ1n) is 21.0. The van der Waals surface area contributed by atoms with Gasteiger partial charge in [0, 0.05) is 48.5 Å². The summed E-state index contributed by atoms with van der Waals surface area (Å²) in [6, 6.07) is 15.8. The maximum atomic E-state index is 14.9. The van der Waals surface area contributed by atoms with Gasteiger partial charge in [0.2, 0.25) is 5.91 Å². The number of aliphatic hydroxyl groups excluding tert-OH is 1. The fourth-order valence-corrected chi connectivity index (χ4v) is 8.22. The molecular weight excluding hydrogens is 807 g/mol. The van der Waals surface area contributed by atoms with Crippen molar-refractivity contribution in [1.82, 2.24) is 20.1 Å². The molecule has 0 aliphatic carbocycles. The van der Waals surface area contributed by atoms with E-state index >= 15 is 0 Å². The van der Waals surface area contributed by atoms with Crippen molar-refractivity contribution in [2.24, 2.45) is 5.92 Å². The first-order chi connectivity index (χ1) is 29.6. The van der Waals surface area contributed by atoms with Crippen molar-refractivity contribution in [1.29, 1.82) is 0 Å². The number of anilines is 3. The number of likely N-dealkylation sites (tertiary alicyclic amines) is 1. The standard InChI is InChI=1S/C46H57F4N7O5/c1-7-33(62-34-15-13-29-20-31(26-58)53-45(60)43(28(2)3)56(5)41(29)23-34)24-52-44(59)30-14-16-42(61-6)39(21-30)51-18-9-10-32-22-35-37(54-38-17-19-55(4)25-36(38)47)11-8-12-40(35)57(32)27-46(48,49)50/h8,11-16,21-23,28,31,33,36,38,43,51,54,58H,7,17-20,24-27H2,1-6H3,(H,52,59)(H,53,60)/t31-,33+,36-,38+,43-/m0/s1. The summed E-state index contributed by atoms with van der Waals surface area (Å²) in [6.45, 7) is 5.66. The van der Waals surface area contributed by atoms with Crippen LogP contribution in [0.25, 0.3) is 10.9 Å². The fraction of sp³-hybridized carbons (Fsp3) is 0.478. The van der Waals surface area contributed by atoms with Gasteiger partial charge < -0.3 is 50.2 Å². The van der Waals surface area contributed by atoms with Gasteiger partial charge in [0.1, 0.15) is 36.4 Å². The Bertz CT molecular complexity index is 2270. The number of aliphatic hydroxyl groups is 1. The van der Waals surface area contributed by atoms with Gasteiger partial charge in [-0.25, -0.2) is 4.39 Å². The number of carbonyl (C=O) groups excluding carboxylic acids is 2. The van der Waals surface area contributed by atoms with Gasteiger partial charge in [-0.3, -0.25) is 9.59 Å². The van der Waals surface area contributed by atoms with Gasteiger partial charge in [0.05, 0.1) is 55.8 Å². The van der Waals surface area contributed by atoms with Crippen molar-refractivity contribution < 1.29 is 41.7 Å². The highest BCUT2D eigenvalue weighted by atomic mass is 19.4. The van der Waals surface area contributed by atoms with E-state index in [1.165, 1.54) is 7.11 Å². The van der Waals surface area contributed by atoms with Crippen molar-refractivity contribution in [3.8, 4) is 23.3 Å². The van der Waals surface area contributed by atoms with Crippen molar-refractivity contribution in [2.75, 3.05) is 69.5 Å². The summed E-state index contributed by atoms with van der Waals surface area (Å²) in [5, 5.41) is 22.7. The molecule has 5 atom stereocenters. The molecule has 1 aromatic heterocycles. The van der Waals surface area contributed by atoms with Gasteiger partial charge in [-0.15, -0.1) is 0 Å². The van der Waals surface area contributed by atoms with Gasteiger partial charge in [0.25, 0.3) is 5.91 Å². The molecular formula is C46H57F4N7O5. The molecule has 3 heterocycles. The van der Waals surface area contributed by atoms with E-state index in [-0.39, 0.29) is 55.8 Å². The van der Waals surface area contributed by atoms with Gasteiger partial charge >= 0.3 is 6.18 Å². The molecule has 0 unspecified atom stereocenters. The van der Waals surface area contributed by atoms with Crippen LogP contribution in [0.3, 0.4) is 0 Å². The number of rotatable bonds is 14. The Morgan fingerprint density at radius 1 is 1.08 bits per heavy atom. The second-order valence-corrected chi connectivity index (χ2v) is 16.4. The quantitative estimate of drug-likeness (QED) is 0.0742. The first kappa shape index (κ1) is 45.9. The maximum Gasteiger partial charge on any atom is 0.406 e. The fourth-order valence-electron chi connectivity index (χ4n) is 8.22. The Hall–Kier alpha value is -5.66. The summed E-state index contributed by atoms with van der Waals surface area (Å²) in [4.78, 5) is 30.4. The number of nitrogens with zero attached hydrogens (tertiary/aromatic N) is 3. The van der Waals surface area contributed by atoms with E-state index in [1.807, 2.05) is 62.9 Å². The number of aromatic nitrogens is 1. The monoisotopic (exact) mass is 863 g/mol. The molecule has 5 N–H and O–H groups in total. The number of alkyl halides is 4. The van der Waals surface area contributed by atoms with Crippen LogP contribution in [-0.4, -0.2) is 117 Å². The minimum Gasteiger partial charge on any atom is -0.495 e. The van der Waals surface area contributed by atoms with Crippen LogP contribution in [0.5, 0.6) is 11.5 Å². The number of carbonyl (C=O) groups is 2. The third kappa shape index (κ3) is 11.0. The topological polar surface area (TPSA) is 132 Å². The lowest BCUT2D eigenvalue weighted by molar-refractivity contribution is -0.140. The lowest BCUT2D eigenvalue weighted by Gasteiger charge is -2.37. The molecule has 4 aromatic rings. The second kappa shape index (κ2) is 20.0. The van der Waals surface area contributed by atoms with Crippen LogP contribution in [0.2, 0.25) is 0 Å². The smallest absolute Gasteiger partial charge is 0.406 e. The molecule has 2 aliphatic heterocycles. The number of ether oxygens (including phenoxy) is 2. The molecule has 1 saturated heterocycles. The average Bonchev–Trinajstić information content (AvgIpc) is 3.57. The number of methoxy groups -OCH3 is 1. The molecule has 0 bridgehead atoms. The van der Waals surface area contributed by atoms with Crippen molar-refractivity contribution in [3.05, 3.63) is 77.5 Å². The van der Waals surface area contributed by atoms with E-state index in [9.17, 15) is 32.3 Å². The van der Waals surface area contributed by atoms with E-state index in [2.05, 4.69) is 33.1 Å². The highest BCUT2D eigenvalue weighted by molar-refractivity contribution is 5.96. The molecule has 3 aromatic carbocycles. The molecule has 0 spiro atoms. The number of nitrogens with one attached hydrogen (secondary N) is 4. The Morgan fingerprint density at radius 3 is 2.56 bits per heavy atom. The lowest BCUT2D eigenvalue weighted by Crippen LogP contribution is -2.54. The lowest BCUT2D eigenvalue weighted by atomic mass is 9.95. The van der Waals surface area contributed by atoms with Crippen molar-refractivity contribution in [2.45, 2.75) is 83.2 Å². The Labute approximate surface area is 360 Å².